The molecule has 1 saturated heterocycles. The summed E-state index contributed by atoms with van der Waals surface area (Å²) in [6.07, 6.45) is 1.70. The van der Waals surface area contributed by atoms with E-state index in [-0.39, 0.29) is 23.2 Å². The summed E-state index contributed by atoms with van der Waals surface area (Å²) in [6, 6.07) is 3.32. The molecule has 160 valence electrons. The molecule has 4 rings (SSSR count). The smallest absolute Gasteiger partial charge is 0.333 e. The van der Waals surface area contributed by atoms with Gasteiger partial charge in [0.2, 0.25) is 17.7 Å². The van der Waals surface area contributed by atoms with Gasteiger partial charge in [0.15, 0.2) is 5.13 Å². The van der Waals surface area contributed by atoms with Gasteiger partial charge in [-0.25, -0.2) is 9.67 Å². The number of hydrogen-bond donors (Lipinski definition) is 1. The van der Waals surface area contributed by atoms with E-state index in [1.165, 1.54) is 13.1 Å². The number of pyridine rings is 1. The summed E-state index contributed by atoms with van der Waals surface area (Å²) < 4.78 is 46.2. The molecule has 1 fully saturated rings. The zero-order valence-electron chi connectivity index (χ0n) is 16.2. The van der Waals surface area contributed by atoms with Crippen molar-refractivity contribution in [2.24, 2.45) is 0 Å². The fraction of sp³-hybridized carbons (Fsp3) is 0.444. The molecule has 0 aromatic carbocycles. The fourth-order valence-electron chi connectivity index (χ4n) is 3.41. The zero-order valence-corrected chi connectivity index (χ0v) is 17.0. The van der Waals surface area contributed by atoms with E-state index in [0.717, 1.165) is 11.3 Å². The number of halogens is 3. The van der Waals surface area contributed by atoms with E-state index in [9.17, 15) is 18.0 Å². The quantitative estimate of drug-likeness (QED) is 0.632. The van der Waals surface area contributed by atoms with Gasteiger partial charge < -0.3 is 10.1 Å². The third-order valence-corrected chi connectivity index (χ3v) is 5.72. The van der Waals surface area contributed by atoms with E-state index < -0.39 is 12.5 Å². The second kappa shape index (κ2) is 8.19. The van der Waals surface area contributed by atoms with Crippen LogP contribution >= 0.6 is 11.3 Å². The molecule has 12 heteroatoms. The Morgan fingerprint density at radius 2 is 2.17 bits per heavy atom. The summed E-state index contributed by atoms with van der Waals surface area (Å²) in [7, 11) is 0. The highest BCUT2D eigenvalue weighted by Crippen LogP contribution is 2.29. The first-order chi connectivity index (χ1) is 14.3. The second-order valence-corrected chi connectivity index (χ2v) is 8.19. The number of fused-ring (bicyclic) bond motifs is 1. The Morgan fingerprint density at radius 1 is 1.37 bits per heavy atom. The lowest BCUT2D eigenvalue weighted by Gasteiger charge is -2.19. The number of anilines is 1. The van der Waals surface area contributed by atoms with Crippen LogP contribution in [0.4, 0.5) is 18.3 Å². The van der Waals surface area contributed by atoms with E-state index >= 15 is 0 Å². The molecule has 1 amide bonds. The van der Waals surface area contributed by atoms with Gasteiger partial charge in [-0.1, -0.05) is 11.3 Å². The second-order valence-electron chi connectivity index (χ2n) is 7.11. The number of hydrogen-bond acceptors (Lipinski definition) is 7. The molecule has 0 bridgehead atoms. The van der Waals surface area contributed by atoms with Crippen LogP contribution < -0.4 is 10.1 Å². The molecule has 1 aliphatic rings. The Hall–Kier alpha value is -2.73. The van der Waals surface area contributed by atoms with Crippen molar-refractivity contribution in [1.29, 1.82) is 0 Å². The average molecular weight is 440 g/mol. The molecule has 4 heterocycles. The van der Waals surface area contributed by atoms with Crippen molar-refractivity contribution in [3.8, 4) is 5.88 Å². The first-order valence-corrected chi connectivity index (χ1v) is 10.1. The van der Waals surface area contributed by atoms with Gasteiger partial charge in [-0.15, -0.1) is 0 Å². The molecule has 0 saturated carbocycles. The predicted octanol–water partition coefficient (Wildman–Crippen LogP) is 3.42. The van der Waals surface area contributed by atoms with Gasteiger partial charge in [0, 0.05) is 38.5 Å². The molecule has 3 aromatic rings. The van der Waals surface area contributed by atoms with Crippen LogP contribution in [0.3, 0.4) is 0 Å². The number of carbonyl (C=O) groups is 1. The van der Waals surface area contributed by atoms with Crippen LogP contribution in [0.25, 0.3) is 11.0 Å². The molecular weight excluding hydrogens is 421 g/mol. The number of ether oxygens (including phenoxy) is 1. The van der Waals surface area contributed by atoms with E-state index in [1.54, 1.807) is 12.1 Å². The Morgan fingerprint density at radius 3 is 2.90 bits per heavy atom. The summed E-state index contributed by atoms with van der Waals surface area (Å²) in [5.74, 6) is -0.572. The number of rotatable bonds is 6. The number of nitrogens with one attached hydrogen (secondary N) is 1. The normalized spacial score (nSPS) is 19.7. The van der Waals surface area contributed by atoms with Crippen LogP contribution in [-0.2, 0) is 11.3 Å². The van der Waals surface area contributed by atoms with Crippen molar-refractivity contribution in [3.05, 3.63) is 29.2 Å². The molecule has 0 radical (unpaired) electrons. The van der Waals surface area contributed by atoms with Gasteiger partial charge >= 0.3 is 6.55 Å². The number of carbonyl (C=O) groups excluding carboxylic acids is 1. The lowest BCUT2D eigenvalue weighted by atomic mass is 10.2. The van der Waals surface area contributed by atoms with E-state index in [4.69, 9.17) is 4.74 Å². The van der Waals surface area contributed by atoms with E-state index in [2.05, 4.69) is 25.3 Å². The van der Waals surface area contributed by atoms with Crippen molar-refractivity contribution >= 4 is 33.4 Å². The molecule has 0 unspecified atom stereocenters. The minimum absolute atomic E-state index is 0.131. The number of amides is 1. The first kappa shape index (κ1) is 20.5. The monoisotopic (exact) mass is 440 g/mol. The minimum Gasteiger partial charge on any atom is -0.473 e. The van der Waals surface area contributed by atoms with Crippen LogP contribution in [0, 0.1) is 5.95 Å². The van der Waals surface area contributed by atoms with Crippen molar-refractivity contribution < 1.29 is 22.7 Å². The van der Waals surface area contributed by atoms with Crippen LogP contribution in [0.5, 0.6) is 5.88 Å². The maximum atomic E-state index is 14.1. The summed E-state index contributed by atoms with van der Waals surface area (Å²) in [5.41, 5.74) is 0.688. The van der Waals surface area contributed by atoms with Gasteiger partial charge in [0.25, 0.3) is 0 Å². The van der Waals surface area contributed by atoms with Crippen molar-refractivity contribution in [3.63, 3.8) is 0 Å². The Bertz CT molecular complexity index is 1070. The van der Waals surface area contributed by atoms with Gasteiger partial charge in [-0.05, 0) is 13.0 Å². The largest absolute Gasteiger partial charge is 0.473 e. The summed E-state index contributed by atoms with van der Waals surface area (Å²) >= 11 is 1.10. The number of alkyl halides is 2. The lowest BCUT2D eigenvalue weighted by molar-refractivity contribution is -0.114. The number of likely N-dealkylation sites (tertiary alicyclic amines) is 1. The molecule has 1 aliphatic heterocycles. The third-order valence-electron chi connectivity index (χ3n) is 4.79. The van der Waals surface area contributed by atoms with Gasteiger partial charge in [-0.2, -0.15) is 23.3 Å². The Kier molecular flexibility index (Phi) is 5.60. The minimum atomic E-state index is -2.73. The molecule has 0 spiro atoms. The first-order valence-electron chi connectivity index (χ1n) is 9.26. The van der Waals surface area contributed by atoms with Crippen LogP contribution in [0.15, 0.2) is 18.3 Å². The summed E-state index contributed by atoms with van der Waals surface area (Å²) in [4.78, 5) is 21.6. The topological polar surface area (TPSA) is 85.2 Å². The van der Waals surface area contributed by atoms with Gasteiger partial charge in [0.1, 0.15) is 17.1 Å². The lowest BCUT2D eigenvalue weighted by Crippen LogP contribution is -2.28. The molecule has 3 aromatic heterocycles. The highest BCUT2D eigenvalue weighted by Gasteiger charge is 2.32. The maximum Gasteiger partial charge on any atom is 0.333 e. The zero-order chi connectivity index (χ0) is 21.4. The molecule has 30 heavy (non-hydrogen) atoms. The van der Waals surface area contributed by atoms with E-state index in [0.29, 0.717) is 46.0 Å². The van der Waals surface area contributed by atoms with Crippen molar-refractivity contribution in [2.75, 3.05) is 11.9 Å². The maximum absolute atomic E-state index is 14.1. The number of thiazole rings is 1. The third kappa shape index (κ3) is 4.38. The average Bonchev–Trinajstić information content (AvgIpc) is 3.32. The Labute approximate surface area is 173 Å². The van der Waals surface area contributed by atoms with Crippen LogP contribution in [0.2, 0.25) is 0 Å². The van der Waals surface area contributed by atoms with Gasteiger partial charge in [-0.3, -0.25) is 9.69 Å². The molecule has 2 atom stereocenters. The fourth-order valence-corrected chi connectivity index (χ4v) is 4.33. The standard InChI is InChI=1S/C18H19F3N6O2S/c1-9-5-11(6-26(9)8-14-16(19)24-18(30-14)22-10(2)28)29-15-4-3-12-13(23-15)7-27(25-12)17(20)21/h3-4,7,9,11,17H,5-6,8H2,1-2H3,(H,22,24,28)/t9-,11+/m0/s1. The van der Waals surface area contributed by atoms with Crippen molar-refractivity contribution in [1.82, 2.24) is 24.6 Å². The summed E-state index contributed by atoms with van der Waals surface area (Å²) in [5, 5.41) is 6.48. The molecule has 8 nitrogen and oxygen atoms in total. The van der Waals surface area contributed by atoms with Crippen LogP contribution in [-0.4, -0.2) is 49.2 Å². The van der Waals surface area contributed by atoms with Gasteiger partial charge in [0.05, 0.1) is 11.1 Å². The predicted molar refractivity (Wildman–Crippen MR) is 104 cm³/mol. The highest BCUT2D eigenvalue weighted by atomic mass is 32.1. The van der Waals surface area contributed by atoms with Crippen molar-refractivity contribution in [2.45, 2.75) is 45.5 Å². The van der Waals surface area contributed by atoms with E-state index in [1.807, 2.05) is 6.92 Å². The Balaban J connectivity index is 1.41. The number of aromatic nitrogens is 4. The number of nitrogens with zero attached hydrogens (tertiary/aromatic N) is 5. The SMILES string of the molecule is CC(=O)Nc1nc(F)c(CN2C[C@H](Oc3ccc4nn(C(F)F)cc4n3)C[C@@H]2C)s1. The molecule has 0 aliphatic carbocycles. The highest BCUT2D eigenvalue weighted by molar-refractivity contribution is 7.15. The summed E-state index contributed by atoms with van der Waals surface area (Å²) in [6.45, 7) is 1.51. The molecular formula is C18H19F3N6O2S. The van der Waals surface area contributed by atoms with Crippen LogP contribution in [0.1, 0.15) is 31.7 Å². The molecule has 1 N–H and O–H groups in total.